The number of hydrogen-bond donors (Lipinski definition) is 3. The highest BCUT2D eigenvalue weighted by Gasteiger charge is 2.24. The van der Waals surface area contributed by atoms with E-state index in [1.54, 1.807) is 0 Å². The van der Waals surface area contributed by atoms with E-state index >= 15 is 0 Å². The van der Waals surface area contributed by atoms with Gasteiger partial charge >= 0.3 is 5.97 Å². The maximum absolute atomic E-state index is 12.0. The van der Waals surface area contributed by atoms with E-state index in [1.165, 1.54) is 0 Å². The van der Waals surface area contributed by atoms with Gasteiger partial charge in [0.25, 0.3) is 5.69 Å². The van der Waals surface area contributed by atoms with Crippen LogP contribution in [0.5, 0.6) is 5.75 Å². The Morgan fingerprint density at radius 2 is 2.14 bits per heavy atom. The summed E-state index contributed by atoms with van der Waals surface area (Å²) in [6.07, 6.45) is -1.91. The Hall–Kier alpha value is -2.24. The van der Waals surface area contributed by atoms with Gasteiger partial charge in [-0.05, 0) is 6.07 Å². The molecule has 21 heavy (non-hydrogen) atoms. The van der Waals surface area contributed by atoms with Gasteiger partial charge in [0.15, 0.2) is 6.10 Å². The number of aliphatic hydroxyl groups excluding tert-OH is 1. The largest absolute Gasteiger partial charge is 0.495 e. The molecule has 0 saturated heterocycles. The van der Waals surface area contributed by atoms with Crippen LogP contribution >= 0.6 is 0 Å². The number of carboxylic acid groups (broad SMARTS) is 1. The second-order valence-corrected chi connectivity index (χ2v) is 5.53. The third-order valence-electron chi connectivity index (χ3n) is 2.40. The van der Waals surface area contributed by atoms with Gasteiger partial charge in [0, 0.05) is 12.6 Å². The number of non-ortho nitro benzene ring substituents is 1. The summed E-state index contributed by atoms with van der Waals surface area (Å²) in [4.78, 5) is 19.9. The Kier molecular flexibility index (Phi) is 5.18. The zero-order valence-corrected chi connectivity index (χ0v) is 11.5. The molecule has 0 amide bonds. The fourth-order valence-corrected chi connectivity index (χ4v) is 2.53. The van der Waals surface area contributed by atoms with Gasteiger partial charge < -0.3 is 14.9 Å². The molecule has 0 aliphatic heterocycles. The van der Waals surface area contributed by atoms with Gasteiger partial charge in [-0.25, -0.2) is 17.9 Å². The van der Waals surface area contributed by atoms with Gasteiger partial charge in [-0.3, -0.25) is 10.1 Å². The third kappa shape index (κ3) is 4.11. The van der Waals surface area contributed by atoms with Crippen LogP contribution in [0.25, 0.3) is 0 Å². The van der Waals surface area contributed by atoms with Crippen molar-refractivity contribution in [2.45, 2.75) is 11.0 Å². The van der Waals surface area contributed by atoms with Crippen molar-refractivity contribution in [2.75, 3.05) is 13.7 Å². The van der Waals surface area contributed by atoms with E-state index in [9.17, 15) is 23.3 Å². The minimum atomic E-state index is -4.20. The first-order valence-electron chi connectivity index (χ1n) is 5.42. The first-order chi connectivity index (χ1) is 9.69. The summed E-state index contributed by atoms with van der Waals surface area (Å²) >= 11 is 0. The molecule has 0 bridgehead atoms. The number of rotatable bonds is 7. The highest BCUT2D eigenvalue weighted by Crippen LogP contribution is 2.28. The number of hydrogen-bond acceptors (Lipinski definition) is 7. The first kappa shape index (κ1) is 16.8. The lowest BCUT2D eigenvalue weighted by atomic mass is 10.3. The van der Waals surface area contributed by atoms with E-state index in [0.717, 1.165) is 25.3 Å². The van der Waals surface area contributed by atoms with Crippen LogP contribution < -0.4 is 9.46 Å². The molecule has 0 spiro atoms. The van der Waals surface area contributed by atoms with Gasteiger partial charge in [-0.15, -0.1) is 0 Å². The lowest BCUT2D eigenvalue weighted by molar-refractivity contribution is -0.385. The fraction of sp³-hybridized carbons (Fsp3) is 0.300. The minimum absolute atomic E-state index is 0.276. The van der Waals surface area contributed by atoms with Crippen molar-refractivity contribution >= 4 is 21.7 Å². The van der Waals surface area contributed by atoms with E-state index in [4.69, 9.17) is 14.9 Å². The van der Waals surface area contributed by atoms with Crippen molar-refractivity contribution in [1.82, 2.24) is 4.72 Å². The summed E-state index contributed by atoms with van der Waals surface area (Å²) in [5.74, 6) is -1.87. The number of carbonyl (C=O) groups is 1. The number of ether oxygens (including phenoxy) is 1. The molecule has 0 fully saturated rings. The van der Waals surface area contributed by atoms with Crippen molar-refractivity contribution in [3.05, 3.63) is 28.3 Å². The average Bonchev–Trinajstić information content (AvgIpc) is 2.43. The Morgan fingerprint density at radius 1 is 1.52 bits per heavy atom. The number of nitrogens with one attached hydrogen (secondary N) is 1. The van der Waals surface area contributed by atoms with Crippen LogP contribution in [0.1, 0.15) is 0 Å². The summed E-state index contributed by atoms with van der Waals surface area (Å²) in [5, 5.41) is 28.1. The standard InChI is InChI=1S/C10H12N2O8S/c1-20-8-4-6(12(16)17)2-3-9(8)21(18,19)11-5-7(13)10(14)15/h2-4,7,11,13H,5H2,1H3,(H,14,15). The molecule has 0 aliphatic carbocycles. The van der Waals surface area contributed by atoms with E-state index in [1.807, 2.05) is 4.72 Å². The van der Waals surface area contributed by atoms with E-state index in [2.05, 4.69) is 0 Å². The molecule has 1 aromatic rings. The summed E-state index contributed by atoms with van der Waals surface area (Å²) < 4.78 is 30.6. The third-order valence-corrected chi connectivity index (χ3v) is 3.86. The van der Waals surface area contributed by atoms with Gasteiger partial charge in [0.1, 0.15) is 10.6 Å². The molecule has 3 N–H and O–H groups in total. The summed E-state index contributed by atoms with van der Waals surface area (Å²) in [7, 11) is -3.07. The first-order valence-corrected chi connectivity index (χ1v) is 6.90. The monoisotopic (exact) mass is 320 g/mol. The molecule has 0 aromatic heterocycles. The quantitative estimate of drug-likeness (QED) is 0.441. The molecule has 0 saturated carbocycles. The summed E-state index contributed by atoms with van der Waals surface area (Å²) in [6.45, 7) is -0.752. The number of aliphatic hydroxyl groups is 1. The van der Waals surface area contributed by atoms with Crippen molar-refractivity contribution in [3.63, 3.8) is 0 Å². The zero-order chi connectivity index (χ0) is 16.2. The van der Waals surface area contributed by atoms with Crippen LogP contribution in [0.3, 0.4) is 0 Å². The van der Waals surface area contributed by atoms with Crippen LogP contribution in [0.2, 0.25) is 0 Å². The van der Waals surface area contributed by atoms with Crippen molar-refractivity contribution in [1.29, 1.82) is 0 Å². The SMILES string of the molecule is COc1cc([N+](=O)[O-])ccc1S(=O)(=O)NCC(O)C(=O)O. The molecule has 1 atom stereocenters. The maximum Gasteiger partial charge on any atom is 0.333 e. The minimum Gasteiger partial charge on any atom is -0.495 e. The van der Waals surface area contributed by atoms with Gasteiger partial charge in [-0.1, -0.05) is 0 Å². The molecule has 116 valence electrons. The van der Waals surface area contributed by atoms with Crippen LogP contribution in [-0.4, -0.2) is 49.3 Å². The molecule has 1 aromatic carbocycles. The number of sulfonamides is 1. The molecular formula is C10H12N2O8S. The molecule has 10 nitrogen and oxygen atoms in total. The second-order valence-electron chi connectivity index (χ2n) is 3.80. The highest BCUT2D eigenvalue weighted by molar-refractivity contribution is 7.89. The van der Waals surface area contributed by atoms with Gasteiger partial charge in [0.2, 0.25) is 10.0 Å². The number of aliphatic carboxylic acids is 1. The number of methoxy groups -OCH3 is 1. The van der Waals surface area contributed by atoms with Crippen molar-refractivity contribution in [2.24, 2.45) is 0 Å². The molecule has 1 unspecified atom stereocenters. The Bertz CT molecular complexity index is 657. The van der Waals surface area contributed by atoms with Crippen LogP contribution in [0.4, 0.5) is 5.69 Å². The van der Waals surface area contributed by atoms with Crippen LogP contribution in [0, 0.1) is 10.1 Å². The molecule has 11 heteroatoms. The molecule has 0 heterocycles. The topological polar surface area (TPSA) is 156 Å². The number of nitro groups is 1. The Morgan fingerprint density at radius 3 is 2.62 bits per heavy atom. The normalized spacial score (nSPS) is 12.7. The van der Waals surface area contributed by atoms with Gasteiger partial charge in [0.05, 0.1) is 18.1 Å². The van der Waals surface area contributed by atoms with E-state index < -0.39 is 38.5 Å². The smallest absolute Gasteiger partial charge is 0.333 e. The van der Waals surface area contributed by atoms with Crippen molar-refractivity contribution in [3.8, 4) is 5.75 Å². The average molecular weight is 320 g/mol. The number of benzene rings is 1. The number of nitrogens with zero attached hydrogens (tertiary/aromatic N) is 1. The molecule has 0 radical (unpaired) electrons. The van der Waals surface area contributed by atoms with Crippen LogP contribution in [-0.2, 0) is 14.8 Å². The molecule has 0 aliphatic rings. The predicted octanol–water partition coefficient (Wildman–Crippen LogP) is -0.673. The van der Waals surface area contributed by atoms with Gasteiger partial charge in [-0.2, -0.15) is 0 Å². The van der Waals surface area contributed by atoms with Crippen molar-refractivity contribution < 1.29 is 33.1 Å². The zero-order valence-electron chi connectivity index (χ0n) is 10.7. The predicted molar refractivity (Wildman–Crippen MR) is 68.5 cm³/mol. The lowest BCUT2D eigenvalue weighted by Gasteiger charge is -2.11. The Labute approximate surface area is 119 Å². The summed E-state index contributed by atoms with van der Waals surface area (Å²) in [5.41, 5.74) is -0.364. The molecule has 1 rings (SSSR count). The molecular weight excluding hydrogens is 308 g/mol. The second kappa shape index (κ2) is 6.47. The van der Waals surface area contributed by atoms with E-state index in [-0.39, 0.29) is 11.4 Å². The number of nitro benzene ring substituents is 1. The maximum atomic E-state index is 12.0. The fourth-order valence-electron chi connectivity index (χ4n) is 1.35. The number of carboxylic acids is 1. The van der Waals surface area contributed by atoms with E-state index in [0.29, 0.717) is 0 Å². The lowest BCUT2D eigenvalue weighted by Crippen LogP contribution is -2.36. The summed E-state index contributed by atoms with van der Waals surface area (Å²) in [6, 6.07) is 2.83. The van der Waals surface area contributed by atoms with Crippen LogP contribution in [0.15, 0.2) is 23.1 Å². The highest BCUT2D eigenvalue weighted by atomic mass is 32.2. The Balaban J connectivity index is 3.08.